The maximum atomic E-state index is 11.0. The number of benzene rings is 1. The second-order valence-corrected chi connectivity index (χ2v) is 4.29. The van der Waals surface area contributed by atoms with Crippen molar-refractivity contribution in [1.29, 1.82) is 0 Å². The van der Waals surface area contributed by atoms with Gasteiger partial charge in [-0.05, 0) is 29.8 Å². The lowest BCUT2D eigenvalue weighted by atomic mass is 10.1. The summed E-state index contributed by atoms with van der Waals surface area (Å²) < 4.78 is 1.96. The summed E-state index contributed by atoms with van der Waals surface area (Å²) in [7, 11) is 1.92. The highest BCUT2D eigenvalue weighted by Gasteiger charge is 2.12. The van der Waals surface area contributed by atoms with Gasteiger partial charge in [0.1, 0.15) is 0 Å². The van der Waals surface area contributed by atoms with Crippen molar-refractivity contribution >= 4 is 28.9 Å². The Kier molecular flexibility index (Phi) is 3.37. The van der Waals surface area contributed by atoms with Crippen LogP contribution in [-0.4, -0.2) is 26.7 Å². The number of carboxylic acids is 2. The molecule has 98 valence electrons. The molecule has 2 N–H and O–H groups in total. The van der Waals surface area contributed by atoms with E-state index in [0.717, 1.165) is 10.9 Å². The zero-order valence-corrected chi connectivity index (χ0v) is 10.3. The summed E-state index contributed by atoms with van der Waals surface area (Å²) in [6, 6.07) is 7.40. The van der Waals surface area contributed by atoms with Gasteiger partial charge in [-0.1, -0.05) is 6.07 Å². The van der Waals surface area contributed by atoms with Gasteiger partial charge in [0.2, 0.25) is 0 Å². The van der Waals surface area contributed by atoms with Crippen LogP contribution in [0.25, 0.3) is 17.0 Å². The number of rotatable bonds is 4. The molecule has 5 nitrogen and oxygen atoms in total. The van der Waals surface area contributed by atoms with E-state index in [-0.39, 0.29) is 5.57 Å². The lowest BCUT2D eigenvalue weighted by Gasteiger charge is -2.01. The van der Waals surface area contributed by atoms with Gasteiger partial charge in [0.05, 0.1) is 6.42 Å². The van der Waals surface area contributed by atoms with Crippen LogP contribution in [0.1, 0.15) is 12.0 Å². The van der Waals surface area contributed by atoms with E-state index in [0.29, 0.717) is 5.56 Å². The minimum absolute atomic E-state index is 0.136. The fourth-order valence-corrected chi connectivity index (χ4v) is 1.94. The first-order valence-electron chi connectivity index (χ1n) is 5.68. The molecule has 0 spiro atoms. The average molecular weight is 259 g/mol. The molecule has 0 fully saturated rings. The third kappa shape index (κ3) is 2.82. The van der Waals surface area contributed by atoms with Crippen LogP contribution >= 0.6 is 0 Å². The average Bonchev–Trinajstić information content (AvgIpc) is 2.69. The summed E-state index contributed by atoms with van der Waals surface area (Å²) in [4.78, 5) is 21.6. The van der Waals surface area contributed by atoms with E-state index in [9.17, 15) is 9.59 Å². The molecular formula is C14H13NO4. The third-order valence-corrected chi connectivity index (χ3v) is 2.87. The summed E-state index contributed by atoms with van der Waals surface area (Å²) in [5.74, 6) is -2.37. The van der Waals surface area contributed by atoms with E-state index in [1.165, 1.54) is 6.08 Å². The zero-order chi connectivity index (χ0) is 14.0. The van der Waals surface area contributed by atoms with Gasteiger partial charge < -0.3 is 14.8 Å². The van der Waals surface area contributed by atoms with Crippen LogP contribution in [0.15, 0.2) is 36.0 Å². The minimum atomic E-state index is -1.21. The third-order valence-electron chi connectivity index (χ3n) is 2.87. The minimum Gasteiger partial charge on any atom is -0.481 e. The predicted molar refractivity (Wildman–Crippen MR) is 70.8 cm³/mol. The first kappa shape index (κ1) is 12.9. The van der Waals surface area contributed by atoms with Crippen LogP contribution in [0.3, 0.4) is 0 Å². The van der Waals surface area contributed by atoms with Crippen molar-refractivity contribution in [1.82, 2.24) is 4.57 Å². The van der Waals surface area contributed by atoms with Gasteiger partial charge >= 0.3 is 11.9 Å². The highest BCUT2D eigenvalue weighted by molar-refractivity contribution is 5.97. The number of hydrogen-bond acceptors (Lipinski definition) is 2. The number of hydrogen-bond donors (Lipinski definition) is 2. The molecule has 0 aliphatic rings. The zero-order valence-electron chi connectivity index (χ0n) is 10.3. The molecule has 2 rings (SSSR count). The molecule has 19 heavy (non-hydrogen) atoms. The molecule has 1 aromatic heterocycles. The van der Waals surface area contributed by atoms with Crippen molar-refractivity contribution < 1.29 is 19.8 Å². The summed E-state index contributed by atoms with van der Waals surface area (Å²) in [6.45, 7) is 0. The van der Waals surface area contributed by atoms with Crippen LogP contribution in [0.2, 0.25) is 0 Å². The molecule has 0 atom stereocenters. The molecule has 0 saturated heterocycles. The first-order chi connectivity index (χ1) is 8.97. The van der Waals surface area contributed by atoms with Gasteiger partial charge in [-0.3, -0.25) is 4.79 Å². The fourth-order valence-electron chi connectivity index (χ4n) is 1.94. The highest BCUT2D eigenvalue weighted by atomic mass is 16.4. The summed E-state index contributed by atoms with van der Waals surface area (Å²) in [5, 5.41) is 18.6. The lowest BCUT2D eigenvalue weighted by molar-refractivity contribution is -0.139. The van der Waals surface area contributed by atoms with E-state index in [2.05, 4.69) is 0 Å². The van der Waals surface area contributed by atoms with Crippen molar-refractivity contribution in [2.45, 2.75) is 6.42 Å². The summed E-state index contributed by atoms with van der Waals surface area (Å²) in [6.07, 6.45) is 2.80. The number of nitrogens with zero attached hydrogens (tertiary/aromatic N) is 1. The van der Waals surface area contributed by atoms with Gasteiger partial charge in [-0.15, -0.1) is 0 Å². The molecule has 0 aliphatic carbocycles. The van der Waals surface area contributed by atoms with Crippen molar-refractivity contribution in [3.05, 3.63) is 41.6 Å². The number of carboxylic acid groups (broad SMARTS) is 2. The Bertz CT molecular complexity index is 682. The molecule has 1 aromatic carbocycles. The van der Waals surface area contributed by atoms with Crippen LogP contribution in [0, 0.1) is 0 Å². The van der Waals surface area contributed by atoms with E-state index in [1.807, 2.05) is 36.0 Å². The molecule has 1 heterocycles. The topological polar surface area (TPSA) is 79.5 Å². The normalized spacial score (nSPS) is 11.7. The first-order valence-corrected chi connectivity index (χ1v) is 5.68. The molecule has 0 bridgehead atoms. The number of aliphatic carboxylic acids is 2. The maximum absolute atomic E-state index is 11.0. The van der Waals surface area contributed by atoms with Gasteiger partial charge in [0.15, 0.2) is 0 Å². The summed E-state index contributed by atoms with van der Waals surface area (Å²) >= 11 is 0. The van der Waals surface area contributed by atoms with E-state index >= 15 is 0 Å². The second-order valence-electron chi connectivity index (χ2n) is 4.29. The Hall–Kier alpha value is -2.56. The Morgan fingerprint density at radius 2 is 2.00 bits per heavy atom. The smallest absolute Gasteiger partial charge is 0.332 e. The number of aryl methyl sites for hydroxylation is 1. The number of aromatic nitrogens is 1. The van der Waals surface area contributed by atoms with Crippen molar-refractivity contribution in [3.8, 4) is 0 Å². The van der Waals surface area contributed by atoms with Crippen LogP contribution in [0.4, 0.5) is 0 Å². The van der Waals surface area contributed by atoms with Gasteiger partial charge in [-0.25, -0.2) is 4.79 Å². The highest BCUT2D eigenvalue weighted by Crippen LogP contribution is 2.19. The van der Waals surface area contributed by atoms with Gasteiger partial charge in [0.25, 0.3) is 0 Å². The SMILES string of the molecule is Cn1ccc2cc(/C=C(\CC(=O)O)C(=O)O)ccc21. The molecule has 0 unspecified atom stereocenters. The lowest BCUT2D eigenvalue weighted by Crippen LogP contribution is -2.06. The van der Waals surface area contributed by atoms with E-state index in [1.54, 1.807) is 6.07 Å². The summed E-state index contributed by atoms with van der Waals surface area (Å²) in [5.41, 5.74) is 1.58. The van der Waals surface area contributed by atoms with Crippen molar-refractivity contribution in [2.75, 3.05) is 0 Å². The predicted octanol–water partition coefficient (Wildman–Crippen LogP) is 2.12. The van der Waals surface area contributed by atoms with E-state index in [4.69, 9.17) is 10.2 Å². The molecule has 5 heteroatoms. The van der Waals surface area contributed by atoms with Gasteiger partial charge in [0, 0.05) is 29.7 Å². The Balaban J connectivity index is 2.42. The Morgan fingerprint density at radius 1 is 1.26 bits per heavy atom. The molecular weight excluding hydrogens is 246 g/mol. The van der Waals surface area contributed by atoms with Gasteiger partial charge in [-0.2, -0.15) is 0 Å². The van der Waals surface area contributed by atoms with Crippen molar-refractivity contribution in [2.24, 2.45) is 7.05 Å². The quantitative estimate of drug-likeness (QED) is 0.824. The maximum Gasteiger partial charge on any atom is 0.332 e. The molecule has 0 amide bonds. The molecule has 0 radical (unpaired) electrons. The standard InChI is InChI=1S/C14H13NO4/c1-15-5-4-10-6-9(2-3-12(10)15)7-11(14(18)19)8-13(16)17/h2-7H,8H2,1H3,(H,16,17)(H,18,19)/b11-7+. The Morgan fingerprint density at radius 3 is 2.63 bits per heavy atom. The fraction of sp³-hybridized carbons (Fsp3) is 0.143. The molecule has 0 saturated carbocycles. The van der Waals surface area contributed by atoms with Crippen molar-refractivity contribution in [3.63, 3.8) is 0 Å². The molecule has 2 aromatic rings. The van der Waals surface area contributed by atoms with Crippen LogP contribution < -0.4 is 0 Å². The largest absolute Gasteiger partial charge is 0.481 e. The Labute approximate surface area is 109 Å². The van der Waals surface area contributed by atoms with E-state index < -0.39 is 18.4 Å². The monoisotopic (exact) mass is 259 g/mol. The number of carbonyl (C=O) groups is 2. The van der Waals surface area contributed by atoms with Crippen LogP contribution in [-0.2, 0) is 16.6 Å². The van der Waals surface area contributed by atoms with Crippen LogP contribution in [0.5, 0.6) is 0 Å². The second kappa shape index (κ2) is 4.97. The molecule has 0 aliphatic heterocycles. The number of fused-ring (bicyclic) bond motifs is 1.